The second-order valence-electron chi connectivity index (χ2n) is 4.08. The van der Waals surface area contributed by atoms with Crippen LogP contribution in [0.3, 0.4) is 0 Å². The normalized spacial score (nSPS) is 11.8. The summed E-state index contributed by atoms with van der Waals surface area (Å²) >= 11 is 0. The van der Waals surface area contributed by atoms with E-state index < -0.39 is 0 Å². The van der Waals surface area contributed by atoms with Gasteiger partial charge in [-0.15, -0.1) is 0 Å². The Labute approximate surface area is 106 Å². The van der Waals surface area contributed by atoms with E-state index >= 15 is 0 Å². The predicted molar refractivity (Wildman–Crippen MR) is 69.2 cm³/mol. The first-order valence-corrected chi connectivity index (χ1v) is 5.94. The van der Waals surface area contributed by atoms with Crippen molar-refractivity contribution in [1.29, 1.82) is 5.26 Å². The average molecular weight is 238 g/mol. The molecule has 0 saturated carbocycles. The van der Waals surface area contributed by atoms with Crippen LogP contribution in [0, 0.1) is 11.3 Å². The van der Waals surface area contributed by atoms with Gasteiger partial charge in [0.25, 0.3) is 0 Å². The average Bonchev–Trinajstić information content (AvgIpc) is 2.89. The van der Waals surface area contributed by atoms with Crippen molar-refractivity contribution < 1.29 is 4.79 Å². The summed E-state index contributed by atoms with van der Waals surface area (Å²) in [6, 6.07) is 15.1. The highest BCUT2D eigenvalue weighted by Crippen LogP contribution is 2.22. The van der Waals surface area contributed by atoms with Gasteiger partial charge in [-0.25, -0.2) is 0 Å². The van der Waals surface area contributed by atoms with Crippen LogP contribution in [0.4, 0.5) is 0 Å². The quantitative estimate of drug-likeness (QED) is 0.824. The van der Waals surface area contributed by atoms with E-state index in [4.69, 9.17) is 5.26 Å². The second kappa shape index (κ2) is 5.33. The Morgan fingerprint density at radius 2 is 2.00 bits per heavy atom. The Morgan fingerprint density at radius 3 is 2.61 bits per heavy atom. The molecule has 0 aliphatic carbocycles. The molecule has 0 amide bonds. The predicted octanol–water partition coefficient (Wildman–Crippen LogP) is 3.19. The van der Waals surface area contributed by atoms with Crippen molar-refractivity contribution in [3.05, 3.63) is 59.9 Å². The highest BCUT2D eigenvalue weighted by molar-refractivity contribution is 5.87. The van der Waals surface area contributed by atoms with Crippen molar-refractivity contribution in [2.24, 2.45) is 0 Å². The van der Waals surface area contributed by atoms with E-state index in [-0.39, 0.29) is 11.8 Å². The van der Waals surface area contributed by atoms with Crippen LogP contribution in [0.1, 0.15) is 35.3 Å². The summed E-state index contributed by atoms with van der Waals surface area (Å²) in [6.45, 7) is 1.98. The van der Waals surface area contributed by atoms with Gasteiger partial charge in [-0.1, -0.05) is 37.3 Å². The molecule has 1 aromatic carbocycles. The molecule has 0 aliphatic heterocycles. The van der Waals surface area contributed by atoms with E-state index in [9.17, 15) is 4.79 Å². The van der Waals surface area contributed by atoms with Gasteiger partial charge >= 0.3 is 0 Å². The molecule has 18 heavy (non-hydrogen) atoms. The Balaban J connectivity index is 2.35. The third-order valence-corrected chi connectivity index (χ3v) is 3.01. The zero-order chi connectivity index (χ0) is 13.0. The Hall–Kier alpha value is -2.34. The van der Waals surface area contributed by atoms with Crippen LogP contribution in [0.25, 0.3) is 0 Å². The maximum atomic E-state index is 12.4. The van der Waals surface area contributed by atoms with Gasteiger partial charge in [0.1, 0.15) is 11.8 Å². The molecule has 1 aromatic heterocycles. The third kappa shape index (κ3) is 2.18. The molecule has 1 heterocycles. The molecule has 0 N–H and O–H groups in total. The molecule has 0 saturated heterocycles. The molecule has 0 bridgehead atoms. The van der Waals surface area contributed by atoms with Gasteiger partial charge < -0.3 is 0 Å². The van der Waals surface area contributed by atoms with E-state index in [1.807, 2.05) is 43.3 Å². The lowest BCUT2D eigenvalue weighted by atomic mass is 9.95. The number of hydrogen-bond donors (Lipinski definition) is 0. The van der Waals surface area contributed by atoms with E-state index in [0.29, 0.717) is 12.1 Å². The molecule has 90 valence electrons. The van der Waals surface area contributed by atoms with Crippen LogP contribution in [0.2, 0.25) is 0 Å². The Morgan fingerprint density at radius 1 is 1.28 bits per heavy atom. The van der Waals surface area contributed by atoms with Gasteiger partial charge in [-0.2, -0.15) is 5.26 Å². The number of aromatic nitrogens is 1. The SMILES string of the molecule is CCC(C(=O)n1cccc1C#N)c1ccccc1. The number of rotatable bonds is 3. The molecule has 3 heteroatoms. The lowest BCUT2D eigenvalue weighted by Crippen LogP contribution is -2.20. The van der Waals surface area contributed by atoms with Crippen LogP contribution in [-0.2, 0) is 0 Å². The maximum Gasteiger partial charge on any atom is 0.239 e. The minimum atomic E-state index is -0.203. The molecule has 0 spiro atoms. The topological polar surface area (TPSA) is 45.8 Å². The Bertz CT molecular complexity index is 578. The van der Waals surface area contributed by atoms with Crippen molar-refractivity contribution in [2.75, 3.05) is 0 Å². The van der Waals surface area contributed by atoms with Gasteiger partial charge in [0.15, 0.2) is 0 Å². The molecule has 0 fully saturated rings. The standard InChI is InChI=1S/C15H14N2O/c1-2-14(12-7-4-3-5-8-12)15(18)17-10-6-9-13(17)11-16/h3-10,14H,2H2,1H3. The van der Waals surface area contributed by atoms with Crippen molar-refractivity contribution in [2.45, 2.75) is 19.3 Å². The zero-order valence-electron chi connectivity index (χ0n) is 10.2. The third-order valence-electron chi connectivity index (χ3n) is 3.01. The summed E-state index contributed by atoms with van der Waals surface area (Å²) in [5, 5.41) is 8.96. The lowest BCUT2D eigenvalue weighted by molar-refractivity contribution is 0.0874. The molecule has 2 rings (SSSR count). The fourth-order valence-corrected chi connectivity index (χ4v) is 2.07. The zero-order valence-corrected chi connectivity index (χ0v) is 10.2. The van der Waals surface area contributed by atoms with Crippen LogP contribution >= 0.6 is 0 Å². The first kappa shape index (κ1) is 12.1. The Kier molecular flexibility index (Phi) is 3.59. The van der Waals surface area contributed by atoms with Crippen LogP contribution in [-0.4, -0.2) is 10.5 Å². The highest BCUT2D eigenvalue weighted by Gasteiger charge is 2.21. The lowest BCUT2D eigenvalue weighted by Gasteiger charge is -2.15. The monoisotopic (exact) mass is 238 g/mol. The smallest absolute Gasteiger partial charge is 0.239 e. The fraction of sp³-hybridized carbons (Fsp3) is 0.200. The second-order valence-corrected chi connectivity index (χ2v) is 4.08. The highest BCUT2D eigenvalue weighted by atomic mass is 16.2. The van der Waals surface area contributed by atoms with Crippen molar-refractivity contribution in [3.63, 3.8) is 0 Å². The van der Waals surface area contributed by atoms with Crippen molar-refractivity contribution in [1.82, 2.24) is 4.57 Å². The van der Waals surface area contributed by atoms with Gasteiger partial charge in [-0.3, -0.25) is 9.36 Å². The van der Waals surface area contributed by atoms with E-state index in [0.717, 1.165) is 5.56 Å². The summed E-state index contributed by atoms with van der Waals surface area (Å²) in [6.07, 6.45) is 2.36. The maximum absolute atomic E-state index is 12.4. The molecule has 3 nitrogen and oxygen atoms in total. The van der Waals surface area contributed by atoms with Crippen LogP contribution < -0.4 is 0 Å². The number of carbonyl (C=O) groups is 1. The molecular formula is C15H14N2O. The molecule has 0 aliphatic rings. The summed E-state index contributed by atoms with van der Waals surface area (Å²) in [5.74, 6) is -0.254. The van der Waals surface area contributed by atoms with Gasteiger partial charge in [0.2, 0.25) is 5.91 Å². The molecule has 1 unspecified atom stereocenters. The largest absolute Gasteiger partial charge is 0.278 e. The number of nitrogens with zero attached hydrogens (tertiary/aromatic N) is 2. The van der Waals surface area contributed by atoms with Crippen molar-refractivity contribution >= 4 is 5.91 Å². The first-order valence-electron chi connectivity index (χ1n) is 5.94. The van der Waals surface area contributed by atoms with Gasteiger partial charge in [0, 0.05) is 6.20 Å². The molecule has 1 atom stereocenters. The van der Waals surface area contributed by atoms with E-state index in [1.165, 1.54) is 4.57 Å². The molecule has 0 radical (unpaired) electrons. The summed E-state index contributed by atoms with van der Waals surface area (Å²) < 4.78 is 1.43. The fourth-order valence-electron chi connectivity index (χ4n) is 2.07. The summed E-state index contributed by atoms with van der Waals surface area (Å²) in [4.78, 5) is 12.4. The van der Waals surface area contributed by atoms with E-state index in [2.05, 4.69) is 0 Å². The number of hydrogen-bond acceptors (Lipinski definition) is 2. The minimum Gasteiger partial charge on any atom is -0.278 e. The van der Waals surface area contributed by atoms with Crippen LogP contribution in [0.5, 0.6) is 0 Å². The number of nitriles is 1. The number of carbonyl (C=O) groups excluding carboxylic acids is 1. The minimum absolute atomic E-state index is 0.0507. The summed E-state index contributed by atoms with van der Waals surface area (Å²) in [5.41, 5.74) is 1.37. The first-order chi connectivity index (χ1) is 8.77. The molecular weight excluding hydrogens is 224 g/mol. The number of benzene rings is 1. The van der Waals surface area contributed by atoms with Gasteiger partial charge in [0.05, 0.1) is 5.92 Å². The van der Waals surface area contributed by atoms with E-state index in [1.54, 1.807) is 18.3 Å². The summed E-state index contributed by atoms with van der Waals surface area (Å²) in [7, 11) is 0. The molecule has 2 aromatic rings. The van der Waals surface area contributed by atoms with Crippen LogP contribution in [0.15, 0.2) is 48.7 Å². The van der Waals surface area contributed by atoms with Gasteiger partial charge in [-0.05, 0) is 24.1 Å². The van der Waals surface area contributed by atoms with Crippen molar-refractivity contribution in [3.8, 4) is 6.07 Å².